The van der Waals surface area contributed by atoms with E-state index in [9.17, 15) is 0 Å². The zero-order valence-electron chi connectivity index (χ0n) is 14.6. The van der Waals surface area contributed by atoms with E-state index in [0.717, 1.165) is 16.7 Å². The second-order valence-corrected chi connectivity index (χ2v) is 7.76. The summed E-state index contributed by atoms with van der Waals surface area (Å²) in [6.07, 6.45) is 0. The molecule has 0 aliphatic rings. The van der Waals surface area contributed by atoms with Crippen LogP contribution in [-0.4, -0.2) is 0 Å². The standard InChI is InChI=1S/C25H18Cl2/c26-25(27,21-11-5-2-6-12-21)22-17-15-20(16-18-22)24-14-8-7-13-23(24)19-9-3-1-4-10-19/h1-18H. The smallest absolute Gasteiger partial charge is 0.0909 e. The predicted octanol–water partition coefficient (Wildman–Crippen LogP) is 7.70. The summed E-state index contributed by atoms with van der Waals surface area (Å²) >= 11 is 13.4. The molecule has 4 aromatic carbocycles. The van der Waals surface area contributed by atoms with Gasteiger partial charge in [-0.05, 0) is 33.4 Å². The first kappa shape index (κ1) is 17.9. The Kier molecular flexibility index (Phi) is 5.03. The molecule has 0 N–H and O–H groups in total. The first-order chi connectivity index (χ1) is 13.2. The van der Waals surface area contributed by atoms with Crippen LogP contribution in [0.4, 0.5) is 0 Å². The van der Waals surface area contributed by atoms with Crippen LogP contribution in [-0.2, 0) is 4.33 Å². The summed E-state index contributed by atoms with van der Waals surface area (Å²) in [5.74, 6) is 0. The lowest BCUT2D eigenvalue weighted by molar-refractivity contribution is 1.04. The minimum absolute atomic E-state index is 0.859. The van der Waals surface area contributed by atoms with Crippen molar-refractivity contribution in [1.29, 1.82) is 0 Å². The zero-order chi connectivity index (χ0) is 18.7. The van der Waals surface area contributed by atoms with Crippen molar-refractivity contribution in [3.8, 4) is 22.3 Å². The fourth-order valence-electron chi connectivity index (χ4n) is 3.28. The van der Waals surface area contributed by atoms with E-state index in [1.165, 1.54) is 16.7 Å². The minimum atomic E-state index is -1.07. The van der Waals surface area contributed by atoms with Crippen molar-refractivity contribution in [3.63, 3.8) is 0 Å². The largest absolute Gasteiger partial charge is 0.168 e. The van der Waals surface area contributed by atoms with Crippen molar-refractivity contribution < 1.29 is 0 Å². The van der Waals surface area contributed by atoms with Gasteiger partial charge in [0, 0.05) is 0 Å². The van der Waals surface area contributed by atoms with Gasteiger partial charge in [0.1, 0.15) is 0 Å². The third-order valence-electron chi connectivity index (χ3n) is 4.71. The van der Waals surface area contributed by atoms with Crippen molar-refractivity contribution in [1.82, 2.24) is 0 Å². The van der Waals surface area contributed by atoms with Gasteiger partial charge in [-0.15, -0.1) is 0 Å². The summed E-state index contributed by atoms with van der Waals surface area (Å²) < 4.78 is -1.07. The maximum atomic E-state index is 6.68. The number of hydrogen-bond acceptors (Lipinski definition) is 0. The number of alkyl halides is 2. The second-order valence-electron chi connectivity index (χ2n) is 6.43. The van der Waals surface area contributed by atoms with Crippen LogP contribution < -0.4 is 0 Å². The normalized spacial score (nSPS) is 11.3. The van der Waals surface area contributed by atoms with Gasteiger partial charge >= 0.3 is 0 Å². The van der Waals surface area contributed by atoms with Crippen molar-refractivity contribution in [2.24, 2.45) is 0 Å². The number of halogens is 2. The number of benzene rings is 4. The first-order valence-electron chi connectivity index (χ1n) is 8.85. The molecule has 0 heterocycles. The monoisotopic (exact) mass is 388 g/mol. The molecular weight excluding hydrogens is 371 g/mol. The van der Waals surface area contributed by atoms with Gasteiger partial charge in [0.2, 0.25) is 0 Å². The van der Waals surface area contributed by atoms with Crippen molar-refractivity contribution in [3.05, 3.63) is 120 Å². The summed E-state index contributed by atoms with van der Waals surface area (Å²) in [6, 6.07) is 36.7. The Labute approximate surface area is 170 Å². The summed E-state index contributed by atoms with van der Waals surface area (Å²) in [5.41, 5.74) is 6.45. The molecule has 0 spiro atoms. The lowest BCUT2D eigenvalue weighted by atomic mass is 9.93. The third-order valence-corrected chi connectivity index (χ3v) is 5.58. The van der Waals surface area contributed by atoms with E-state index in [4.69, 9.17) is 23.2 Å². The molecule has 0 unspecified atom stereocenters. The summed E-state index contributed by atoms with van der Waals surface area (Å²) in [6.45, 7) is 0. The van der Waals surface area contributed by atoms with E-state index in [2.05, 4.69) is 60.7 Å². The second kappa shape index (κ2) is 7.60. The fraction of sp³-hybridized carbons (Fsp3) is 0.0400. The molecule has 0 aliphatic carbocycles. The van der Waals surface area contributed by atoms with E-state index in [1.807, 2.05) is 48.5 Å². The third kappa shape index (κ3) is 3.64. The van der Waals surface area contributed by atoms with Gasteiger partial charge in [-0.1, -0.05) is 132 Å². The Morgan fingerprint density at radius 1 is 0.407 bits per heavy atom. The van der Waals surface area contributed by atoms with E-state index in [0.29, 0.717) is 0 Å². The highest BCUT2D eigenvalue weighted by molar-refractivity contribution is 6.50. The van der Waals surface area contributed by atoms with Crippen molar-refractivity contribution >= 4 is 23.2 Å². The highest BCUT2D eigenvalue weighted by Crippen LogP contribution is 2.41. The molecule has 0 saturated carbocycles. The van der Waals surface area contributed by atoms with Crippen LogP contribution in [0.3, 0.4) is 0 Å². The van der Waals surface area contributed by atoms with Crippen LogP contribution in [0.1, 0.15) is 11.1 Å². The van der Waals surface area contributed by atoms with Crippen molar-refractivity contribution in [2.75, 3.05) is 0 Å². The average molecular weight is 389 g/mol. The van der Waals surface area contributed by atoms with E-state index in [-0.39, 0.29) is 0 Å². The molecule has 132 valence electrons. The fourth-order valence-corrected chi connectivity index (χ4v) is 3.78. The molecule has 0 aliphatic heterocycles. The lowest BCUT2D eigenvalue weighted by Gasteiger charge is -2.21. The molecule has 0 bridgehead atoms. The van der Waals surface area contributed by atoms with Crippen LogP contribution >= 0.6 is 23.2 Å². The minimum Gasteiger partial charge on any atom is -0.0909 e. The van der Waals surface area contributed by atoms with Crippen LogP contribution in [0.15, 0.2) is 109 Å². The molecule has 0 fully saturated rings. The van der Waals surface area contributed by atoms with Gasteiger partial charge in [-0.25, -0.2) is 0 Å². The summed E-state index contributed by atoms with van der Waals surface area (Å²) in [5, 5.41) is 0. The molecule has 4 rings (SSSR count). The Hall–Kier alpha value is -2.54. The maximum absolute atomic E-state index is 6.68. The quantitative estimate of drug-likeness (QED) is 0.314. The van der Waals surface area contributed by atoms with Crippen molar-refractivity contribution in [2.45, 2.75) is 4.33 Å². The summed E-state index contributed by atoms with van der Waals surface area (Å²) in [7, 11) is 0. The number of hydrogen-bond donors (Lipinski definition) is 0. The highest BCUT2D eigenvalue weighted by Gasteiger charge is 2.28. The van der Waals surface area contributed by atoms with E-state index < -0.39 is 4.33 Å². The topological polar surface area (TPSA) is 0 Å². The van der Waals surface area contributed by atoms with Gasteiger partial charge in [0.25, 0.3) is 0 Å². The Balaban J connectivity index is 1.72. The molecule has 2 heteroatoms. The average Bonchev–Trinajstić information content (AvgIpc) is 2.75. The van der Waals surface area contributed by atoms with Gasteiger partial charge in [-0.3, -0.25) is 0 Å². The molecular formula is C25H18Cl2. The highest BCUT2D eigenvalue weighted by atomic mass is 35.5. The number of rotatable bonds is 4. The first-order valence-corrected chi connectivity index (χ1v) is 9.60. The molecule has 0 radical (unpaired) electrons. The van der Waals surface area contributed by atoms with E-state index >= 15 is 0 Å². The van der Waals surface area contributed by atoms with Gasteiger partial charge in [0.05, 0.1) is 0 Å². The Bertz CT molecular complexity index is 1020. The Morgan fingerprint density at radius 3 is 1.37 bits per heavy atom. The van der Waals surface area contributed by atoms with Crippen LogP contribution in [0.25, 0.3) is 22.3 Å². The molecule has 0 nitrogen and oxygen atoms in total. The SMILES string of the molecule is ClC(Cl)(c1ccccc1)c1ccc(-c2ccccc2-c2ccccc2)cc1. The predicted molar refractivity (Wildman–Crippen MR) is 116 cm³/mol. The van der Waals surface area contributed by atoms with Crippen LogP contribution in [0.5, 0.6) is 0 Å². The summed E-state index contributed by atoms with van der Waals surface area (Å²) in [4.78, 5) is 0. The zero-order valence-corrected chi connectivity index (χ0v) is 16.2. The lowest BCUT2D eigenvalue weighted by Crippen LogP contribution is -2.11. The van der Waals surface area contributed by atoms with Gasteiger partial charge in [0.15, 0.2) is 4.33 Å². The van der Waals surface area contributed by atoms with Gasteiger partial charge in [-0.2, -0.15) is 0 Å². The maximum Gasteiger partial charge on any atom is 0.168 e. The molecule has 0 saturated heterocycles. The van der Waals surface area contributed by atoms with Crippen LogP contribution in [0, 0.1) is 0 Å². The molecule has 0 amide bonds. The van der Waals surface area contributed by atoms with E-state index in [1.54, 1.807) is 0 Å². The molecule has 0 aromatic heterocycles. The van der Waals surface area contributed by atoms with Crippen LogP contribution in [0.2, 0.25) is 0 Å². The Morgan fingerprint density at radius 2 is 0.815 bits per heavy atom. The molecule has 27 heavy (non-hydrogen) atoms. The molecule has 4 aromatic rings. The molecule has 0 atom stereocenters. The van der Waals surface area contributed by atoms with Gasteiger partial charge < -0.3 is 0 Å².